The predicted octanol–water partition coefficient (Wildman–Crippen LogP) is 5.19. The minimum atomic E-state index is 0.103. The molecule has 0 radical (unpaired) electrons. The maximum absolute atomic E-state index is 12.7. The Morgan fingerprint density at radius 1 is 1.27 bits per heavy atom. The Morgan fingerprint density at radius 3 is 3.00 bits per heavy atom. The molecule has 2 aromatic carbocycles. The Morgan fingerprint density at radius 2 is 2.15 bits per heavy atom. The van der Waals surface area contributed by atoms with Crippen LogP contribution in [-0.2, 0) is 4.79 Å². The number of carbonyl (C=O) groups excluding carboxylic acids is 1. The van der Waals surface area contributed by atoms with E-state index in [0.29, 0.717) is 13.0 Å². The molecule has 1 aromatic heterocycles. The van der Waals surface area contributed by atoms with Gasteiger partial charge in [-0.15, -0.1) is 11.3 Å². The number of rotatable bonds is 5. The average Bonchev–Trinajstić information content (AvgIpc) is 3.28. The molecule has 6 heteroatoms. The largest absolute Gasteiger partial charge is 0.493 e. The molecule has 1 aliphatic heterocycles. The summed E-state index contributed by atoms with van der Waals surface area (Å²) >= 11 is 5.12. The molecule has 26 heavy (non-hydrogen) atoms. The molecule has 1 aliphatic rings. The second kappa shape index (κ2) is 7.76. The van der Waals surface area contributed by atoms with Crippen LogP contribution in [0.15, 0.2) is 53.0 Å². The Balaban J connectivity index is 1.40. The lowest BCUT2D eigenvalue weighted by Gasteiger charge is -2.23. The summed E-state index contributed by atoms with van der Waals surface area (Å²) in [7, 11) is 0. The first-order valence-electron chi connectivity index (χ1n) is 8.74. The molecule has 1 unspecified atom stereocenters. The number of para-hydroxylation sites is 1. The monoisotopic (exact) mass is 430 g/mol. The SMILES string of the molecule is O=C(CCOc1cccc(Br)c1)N1CCCC1c1nc2ccccc2s1. The molecule has 2 heterocycles. The van der Waals surface area contributed by atoms with Crippen LogP contribution in [0.4, 0.5) is 0 Å². The fourth-order valence-electron chi connectivity index (χ4n) is 3.31. The van der Waals surface area contributed by atoms with E-state index in [9.17, 15) is 4.79 Å². The first-order chi connectivity index (χ1) is 12.7. The van der Waals surface area contributed by atoms with Crippen LogP contribution in [-0.4, -0.2) is 28.9 Å². The van der Waals surface area contributed by atoms with Crippen molar-refractivity contribution >= 4 is 43.4 Å². The van der Waals surface area contributed by atoms with Gasteiger partial charge in [0.15, 0.2) is 0 Å². The summed E-state index contributed by atoms with van der Waals surface area (Å²) in [5.41, 5.74) is 1.02. The van der Waals surface area contributed by atoms with Gasteiger partial charge in [-0.1, -0.05) is 34.1 Å². The van der Waals surface area contributed by atoms with Gasteiger partial charge in [0.1, 0.15) is 10.8 Å². The molecular formula is C20H19BrN2O2S. The lowest BCUT2D eigenvalue weighted by Crippen LogP contribution is -2.31. The first-order valence-corrected chi connectivity index (χ1v) is 10.3. The van der Waals surface area contributed by atoms with Gasteiger partial charge in [0, 0.05) is 11.0 Å². The van der Waals surface area contributed by atoms with Crippen LogP contribution < -0.4 is 4.74 Å². The zero-order chi connectivity index (χ0) is 17.9. The molecular weight excluding hydrogens is 412 g/mol. The molecule has 4 nitrogen and oxygen atoms in total. The van der Waals surface area contributed by atoms with E-state index < -0.39 is 0 Å². The number of halogens is 1. The van der Waals surface area contributed by atoms with E-state index in [4.69, 9.17) is 9.72 Å². The van der Waals surface area contributed by atoms with E-state index in [1.165, 1.54) is 4.70 Å². The lowest BCUT2D eigenvalue weighted by atomic mass is 10.2. The molecule has 134 valence electrons. The van der Waals surface area contributed by atoms with Crippen LogP contribution in [0.3, 0.4) is 0 Å². The lowest BCUT2D eigenvalue weighted by molar-refractivity contribution is -0.132. The summed E-state index contributed by atoms with van der Waals surface area (Å²) in [6, 6.07) is 15.9. The highest BCUT2D eigenvalue weighted by Gasteiger charge is 2.31. The highest BCUT2D eigenvalue weighted by molar-refractivity contribution is 9.10. The number of hydrogen-bond acceptors (Lipinski definition) is 4. The Kier molecular flexibility index (Phi) is 5.22. The first kappa shape index (κ1) is 17.5. The highest BCUT2D eigenvalue weighted by Crippen LogP contribution is 2.36. The van der Waals surface area contributed by atoms with Crippen molar-refractivity contribution in [3.63, 3.8) is 0 Å². The van der Waals surface area contributed by atoms with Gasteiger partial charge in [-0.05, 0) is 43.2 Å². The summed E-state index contributed by atoms with van der Waals surface area (Å²) in [4.78, 5) is 19.4. The number of thiazole rings is 1. The van der Waals surface area contributed by atoms with Gasteiger partial charge in [-0.2, -0.15) is 0 Å². The molecule has 1 fully saturated rings. The van der Waals surface area contributed by atoms with Crippen LogP contribution in [0.1, 0.15) is 30.3 Å². The number of carbonyl (C=O) groups is 1. The number of aromatic nitrogens is 1. The smallest absolute Gasteiger partial charge is 0.226 e. The average molecular weight is 431 g/mol. The molecule has 1 saturated heterocycles. The van der Waals surface area contributed by atoms with Crippen molar-refractivity contribution < 1.29 is 9.53 Å². The standard InChI is InChI=1S/C20H19BrN2O2S/c21-14-5-3-6-15(13-14)25-12-10-19(24)23-11-4-8-17(23)20-22-16-7-1-2-9-18(16)26-20/h1-3,5-7,9,13,17H,4,8,10-12H2. The number of nitrogens with zero attached hydrogens (tertiary/aromatic N) is 2. The molecule has 0 N–H and O–H groups in total. The van der Waals surface area contributed by atoms with E-state index >= 15 is 0 Å². The van der Waals surface area contributed by atoms with Crippen LogP contribution >= 0.6 is 27.3 Å². The zero-order valence-corrected chi connectivity index (χ0v) is 16.6. The van der Waals surface area contributed by atoms with Crippen molar-refractivity contribution in [2.75, 3.05) is 13.2 Å². The van der Waals surface area contributed by atoms with Crippen molar-refractivity contribution in [2.45, 2.75) is 25.3 Å². The highest BCUT2D eigenvalue weighted by atomic mass is 79.9. The summed E-state index contributed by atoms with van der Waals surface area (Å²) in [6.07, 6.45) is 2.39. The minimum absolute atomic E-state index is 0.103. The maximum Gasteiger partial charge on any atom is 0.226 e. The molecule has 1 amide bonds. The van der Waals surface area contributed by atoms with E-state index in [1.807, 2.05) is 47.4 Å². The van der Waals surface area contributed by atoms with Crippen molar-refractivity contribution in [1.29, 1.82) is 0 Å². The third-order valence-electron chi connectivity index (χ3n) is 4.55. The third-order valence-corrected chi connectivity index (χ3v) is 6.18. The topological polar surface area (TPSA) is 42.4 Å². The van der Waals surface area contributed by atoms with E-state index in [2.05, 4.69) is 22.0 Å². The molecule has 0 aliphatic carbocycles. The molecule has 1 atom stereocenters. The third kappa shape index (κ3) is 3.76. The summed E-state index contributed by atoms with van der Waals surface area (Å²) in [5.74, 6) is 0.915. The molecule has 0 saturated carbocycles. The minimum Gasteiger partial charge on any atom is -0.493 e. The van der Waals surface area contributed by atoms with Gasteiger partial charge in [0.05, 0.1) is 29.3 Å². The Bertz CT molecular complexity index is 894. The van der Waals surface area contributed by atoms with Gasteiger partial charge in [-0.3, -0.25) is 4.79 Å². The van der Waals surface area contributed by atoms with Gasteiger partial charge < -0.3 is 9.64 Å². The zero-order valence-electron chi connectivity index (χ0n) is 14.2. The molecule has 4 rings (SSSR count). The van der Waals surface area contributed by atoms with Crippen molar-refractivity contribution in [3.05, 3.63) is 58.0 Å². The molecule has 0 bridgehead atoms. The van der Waals surface area contributed by atoms with Gasteiger partial charge >= 0.3 is 0 Å². The fraction of sp³-hybridized carbons (Fsp3) is 0.300. The molecule has 0 spiro atoms. The number of benzene rings is 2. The molecule has 3 aromatic rings. The summed E-state index contributed by atoms with van der Waals surface area (Å²) < 4.78 is 7.87. The Labute approximate surface area is 164 Å². The van der Waals surface area contributed by atoms with E-state index in [-0.39, 0.29) is 11.9 Å². The van der Waals surface area contributed by atoms with Crippen molar-refractivity contribution in [3.8, 4) is 5.75 Å². The van der Waals surface area contributed by atoms with E-state index in [1.54, 1.807) is 11.3 Å². The van der Waals surface area contributed by atoms with Crippen LogP contribution in [0.5, 0.6) is 5.75 Å². The van der Waals surface area contributed by atoms with Gasteiger partial charge in [-0.25, -0.2) is 4.98 Å². The number of likely N-dealkylation sites (tertiary alicyclic amines) is 1. The van der Waals surface area contributed by atoms with Gasteiger partial charge in [0.2, 0.25) is 5.91 Å². The van der Waals surface area contributed by atoms with Crippen molar-refractivity contribution in [1.82, 2.24) is 9.88 Å². The number of hydrogen-bond donors (Lipinski definition) is 0. The number of fused-ring (bicyclic) bond motifs is 1. The fourth-order valence-corrected chi connectivity index (χ4v) is 4.80. The second-order valence-corrected chi connectivity index (χ2v) is 8.30. The van der Waals surface area contributed by atoms with Gasteiger partial charge in [0.25, 0.3) is 0 Å². The summed E-state index contributed by atoms with van der Waals surface area (Å²) in [5, 5.41) is 1.05. The quantitative estimate of drug-likeness (QED) is 0.558. The van der Waals surface area contributed by atoms with Crippen LogP contribution in [0.25, 0.3) is 10.2 Å². The predicted molar refractivity (Wildman–Crippen MR) is 108 cm³/mol. The normalized spacial score (nSPS) is 17.0. The van der Waals surface area contributed by atoms with Crippen LogP contribution in [0.2, 0.25) is 0 Å². The number of ether oxygens (including phenoxy) is 1. The number of amides is 1. The summed E-state index contributed by atoms with van der Waals surface area (Å²) in [6.45, 7) is 1.19. The van der Waals surface area contributed by atoms with Crippen LogP contribution in [0, 0.1) is 0 Å². The maximum atomic E-state index is 12.7. The van der Waals surface area contributed by atoms with E-state index in [0.717, 1.165) is 40.1 Å². The second-order valence-electron chi connectivity index (χ2n) is 6.32. The Hall–Kier alpha value is -1.92. The van der Waals surface area contributed by atoms with Crippen molar-refractivity contribution in [2.24, 2.45) is 0 Å².